The van der Waals surface area contributed by atoms with E-state index in [0.717, 1.165) is 0 Å². The molecule has 2 aliphatic heterocycles. The molecule has 0 N–H and O–H groups in total. The highest BCUT2D eigenvalue weighted by Crippen LogP contribution is 2.48. The van der Waals surface area contributed by atoms with Gasteiger partial charge in [0.25, 0.3) is 0 Å². The quantitative estimate of drug-likeness (QED) is 0.630. The Morgan fingerprint density at radius 2 is 1.00 bits per heavy atom. The number of hydrogen-bond acceptors (Lipinski definition) is 1. The topological polar surface area (TPSA) is 9.23 Å². The maximum Gasteiger partial charge on any atom is -0.0215 e. The summed E-state index contributed by atoms with van der Waals surface area (Å²) >= 11 is -0.782. The summed E-state index contributed by atoms with van der Waals surface area (Å²) in [7, 11) is 0. The van der Waals surface area contributed by atoms with Crippen LogP contribution in [0, 0.1) is 0 Å². The van der Waals surface area contributed by atoms with Crippen molar-refractivity contribution in [2.75, 3.05) is 0 Å². The van der Waals surface area contributed by atoms with E-state index in [0.29, 0.717) is 0 Å². The molecule has 2 aliphatic rings. The van der Waals surface area contributed by atoms with Crippen molar-refractivity contribution >= 4 is 22.4 Å². The molecule has 2 rings (SSSR count). The highest BCUT2D eigenvalue weighted by atomic mass is 32.3. The molecule has 0 aromatic carbocycles. The predicted octanol–water partition coefficient (Wildman–Crippen LogP) is 2.92. The summed E-state index contributed by atoms with van der Waals surface area (Å²) in [6, 6.07) is 0. The average molecular weight is 186 g/mol. The normalized spacial score (nSPS) is 25.8. The Balaban J connectivity index is 1.90. The van der Waals surface area contributed by atoms with Gasteiger partial charge in [-0.05, 0) is 21.6 Å². The third kappa shape index (κ3) is 1.80. The van der Waals surface area contributed by atoms with Crippen LogP contribution in [0.3, 0.4) is 0 Å². The molecule has 0 atom stereocenters. The van der Waals surface area contributed by atoms with E-state index in [9.17, 15) is 0 Å². The molecule has 0 bridgehead atoms. The molecule has 3 heteroatoms. The third-order valence-corrected chi connectivity index (χ3v) is 4.72. The van der Waals surface area contributed by atoms with Gasteiger partial charge in [0.15, 0.2) is 0 Å². The van der Waals surface area contributed by atoms with Crippen LogP contribution in [0.5, 0.6) is 0 Å². The minimum atomic E-state index is -0.391. The van der Waals surface area contributed by atoms with Crippen molar-refractivity contribution in [3.63, 3.8) is 0 Å². The second kappa shape index (κ2) is 3.34. The van der Waals surface area contributed by atoms with E-state index in [1.807, 2.05) is 24.3 Å². The number of allylic oxidation sites excluding steroid dienone is 4. The van der Waals surface area contributed by atoms with E-state index in [-0.39, 0.29) is 0 Å². The van der Waals surface area contributed by atoms with Crippen LogP contribution >= 0.6 is 22.4 Å². The van der Waals surface area contributed by atoms with Gasteiger partial charge < -0.3 is 0 Å². The Morgan fingerprint density at radius 3 is 1.36 bits per heavy atom. The van der Waals surface area contributed by atoms with E-state index < -0.39 is 22.4 Å². The Hall–Kier alpha value is -0.380. The Morgan fingerprint density at radius 1 is 0.636 bits per heavy atom. The van der Waals surface area contributed by atoms with Gasteiger partial charge in [0.05, 0.1) is 0 Å². The van der Waals surface area contributed by atoms with Crippen LogP contribution in [-0.2, 0) is 3.63 Å². The van der Waals surface area contributed by atoms with E-state index in [1.54, 1.807) is 0 Å². The molecule has 0 aliphatic carbocycles. The number of thiol groups is 2. The zero-order chi connectivity index (χ0) is 7.52. The van der Waals surface area contributed by atoms with Gasteiger partial charge in [0.2, 0.25) is 0 Å². The van der Waals surface area contributed by atoms with E-state index in [4.69, 9.17) is 3.63 Å². The van der Waals surface area contributed by atoms with Crippen molar-refractivity contribution in [3.05, 3.63) is 45.9 Å². The first-order chi connectivity index (χ1) is 5.45. The monoisotopic (exact) mass is 186 g/mol. The smallest absolute Gasteiger partial charge is 0.0215 e. The fourth-order valence-electron chi connectivity index (χ4n) is 0.855. The molecule has 0 radical (unpaired) electrons. The molecule has 1 nitrogen and oxygen atoms in total. The largest absolute Gasteiger partial charge is 0.281 e. The maximum atomic E-state index is 5.75. The first-order valence-electron chi connectivity index (χ1n) is 3.40. The van der Waals surface area contributed by atoms with Gasteiger partial charge in [0, 0.05) is 0 Å². The van der Waals surface area contributed by atoms with Gasteiger partial charge in [0.1, 0.15) is 0 Å². The van der Waals surface area contributed by atoms with Crippen LogP contribution in [0.2, 0.25) is 0 Å². The van der Waals surface area contributed by atoms with Crippen molar-refractivity contribution in [2.24, 2.45) is 0 Å². The fourth-order valence-corrected chi connectivity index (χ4v) is 3.87. The highest BCUT2D eigenvalue weighted by Gasteiger charge is 2.04. The molecule has 0 unspecified atom stereocenters. The van der Waals surface area contributed by atoms with Crippen molar-refractivity contribution in [1.29, 1.82) is 0 Å². The summed E-state index contributed by atoms with van der Waals surface area (Å²) in [6.07, 6.45) is 8.18. The molecule has 2 heterocycles. The third-order valence-electron chi connectivity index (χ3n) is 1.34. The lowest BCUT2D eigenvalue weighted by Gasteiger charge is -2.16. The second-order valence-corrected chi connectivity index (χ2v) is 5.45. The molecule has 0 saturated heterocycles. The standard InChI is InChI=1S/C8H10OS2/c1-2-6-10(5-1)9-11-7-3-4-8-11/h1-8,10-11H. The van der Waals surface area contributed by atoms with Gasteiger partial charge in [-0.25, -0.2) is 0 Å². The zero-order valence-electron chi connectivity index (χ0n) is 5.92. The lowest BCUT2D eigenvalue weighted by molar-refractivity contribution is 0.756. The lowest BCUT2D eigenvalue weighted by atomic mass is 10.6. The molecule has 60 valence electrons. The van der Waals surface area contributed by atoms with Crippen LogP contribution in [-0.4, -0.2) is 0 Å². The van der Waals surface area contributed by atoms with Crippen LogP contribution in [0.15, 0.2) is 45.9 Å². The minimum absolute atomic E-state index is 0.391. The first kappa shape index (κ1) is 7.28. The molecule has 0 saturated carbocycles. The van der Waals surface area contributed by atoms with Crippen LogP contribution in [0.1, 0.15) is 0 Å². The maximum absolute atomic E-state index is 5.75. The van der Waals surface area contributed by atoms with Gasteiger partial charge in [-0.2, -0.15) is 0 Å². The summed E-state index contributed by atoms with van der Waals surface area (Å²) in [5.41, 5.74) is 0. The van der Waals surface area contributed by atoms with Gasteiger partial charge >= 0.3 is 0 Å². The Bertz CT molecular complexity index is 203. The zero-order valence-corrected chi connectivity index (χ0v) is 7.71. The van der Waals surface area contributed by atoms with Crippen molar-refractivity contribution in [2.45, 2.75) is 0 Å². The van der Waals surface area contributed by atoms with Crippen LogP contribution < -0.4 is 0 Å². The van der Waals surface area contributed by atoms with Gasteiger partial charge in [-0.1, -0.05) is 46.7 Å². The van der Waals surface area contributed by atoms with E-state index >= 15 is 0 Å². The molecule has 11 heavy (non-hydrogen) atoms. The second-order valence-electron chi connectivity index (χ2n) is 2.17. The van der Waals surface area contributed by atoms with Crippen molar-refractivity contribution < 1.29 is 3.63 Å². The predicted molar refractivity (Wildman–Crippen MR) is 55.6 cm³/mol. The molecule has 0 aromatic rings. The Kier molecular flexibility index (Phi) is 2.21. The average Bonchev–Trinajstić information content (AvgIpc) is 2.60. The summed E-state index contributed by atoms with van der Waals surface area (Å²) < 4.78 is 5.75. The van der Waals surface area contributed by atoms with Crippen molar-refractivity contribution in [1.82, 2.24) is 0 Å². The number of rotatable bonds is 2. The van der Waals surface area contributed by atoms with E-state index in [2.05, 4.69) is 21.6 Å². The minimum Gasteiger partial charge on any atom is -0.281 e. The molecule has 0 aromatic heterocycles. The SMILES string of the molecule is C1=C[SH](O[SH]2C=CC=C2)C=C1. The number of hydrogen-bond donors (Lipinski definition) is 2. The van der Waals surface area contributed by atoms with Gasteiger partial charge in [-0.15, -0.1) is 0 Å². The fraction of sp³-hybridized carbons (Fsp3) is 0. The van der Waals surface area contributed by atoms with Crippen molar-refractivity contribution in [3.8, 4) is 0 Å². The molecular formula is C8H10OS2. The summed E-state index contributed by atoms with van der Waals surface area (Å²) in [5.74, 6) is 0. The first-order valence-corrected chi connectivity index (χ1v) is 6.19. The molecule has 0 spiro atoms. The van der Waals surface area contributed by atoms with E-state index in [1.165, 1.54) is 0 Å². The highest BCUT2D eigenvalue weighted by molar-refractivity contribution is 8.30. The van der Waals surface area contributed by atoms with Gasteiger partial charge in [-0.3, -0.25) is 3.63 Å². The van der Waals surface area contributed by atoms with Crippen LogP contribution in [0.25, 0.3) is 0 Å². The summed E-state index contributed by atoms with van der Waals surface area (Å²) in [6.45, 7) is 0. The molecule has 0 fully saturated rings. The van der Waals surface area contributed by atoms with Crippen LogP contribution in [0.4, 0.5) is 0 Å². The summed E-state index contributed by atoms with van der Waals surface area (Å²) in [5, 5.41) is 8.49. The lowest BCUT2D eigenvalue weighted by Crippen LogP contribution is -1.73. The molecular weight excluding hydrogens is 176 g/mol. The Labute approximate surface area is 72.2 Å². The molecule has 0 amide bonds. The summed E-state index contributed by atoms with van der Waals surface area (Å²) in [4.78, 5) is 0.